The number of aromatic nitrogens is 3. The first kappa shape index (κ1) is 20.9. The number of hydrogen-bond donors (Lipinski definition) is 3. The van der Waals surface area contributed by atoms with Crippen LogP contribution in [-0.2, 0) is 6.42 Å². The van der Waals surface area contributed by atoms with E-state index in [4.69, 9.17) is 14.4 Å². The number of benzene rings is 1. The van der Waals surface area contributed by atoms with Crippen molar-refractivity contribution in [2.75, 3.05) is 6.61 Å². The fraction of sp³-hybridized carbons (Fsp3) is 0.222. The van der Waals surface area contributed by atoms with Crippen molar-refractivity contribution in [2.24, 2.45) is 0 Å². The highest BCUT2D eigenvalue weighted by Gasteiger charge is 2.16. The maximum absolute atomic E-state index is 12.1. The summed E-state index contributed by atoms with van der Waals surface area (Å²) in [5.74, 6) is 0.974. The van der Waals surface area contributed by atoms with Gasteiger partial charge >= 0.3 is 12.7 Å². The molecular formula is C18H16F2N4O6. The lowest BCUT2D eigenvalue weighted by molar-refractivity contribution is -0.0501. The number of pyridine rings is 1. The zero-order valence-electron chi connectivity index (χ0n) is 15.2. The van der Waals surface area contributed by atoms with Gasteiger partial charge in [0.2, 0.25) is 17.6 Å². The number of halogens is 2. The van der Waals surface area contributed by atoms with Crippen LogP contribution in [0.2, 0.25) is 0 Å². The fourth-order valence-corrected chi connectivity index (χ4v) is 2.39. The molecule has 1 atom stereocenters. The molecule has 0 saturated heterocycles. The molecule has 12 heteroatoms. The Morgan fingerprint density at radius 1 is 1.17 bits per heavy atom. The number of nitrogens with one attached hydrogen (secondary N) is 1. The normalized spacial score (nSPS) is 11.9. The summed E-state index contributed by atoms with van der Waals surface area (Å²) in [6.07, 6.45) is -0.112. The molecule has 0 aliphatic heterocycles. The summed E-state index contributed by atoms with van der Waals surface area (Å²) in [6, 6.07) is 8.51. The quantitative estimate of drug-likeness (QED) is 0.475. The summed E-state index contributed by atoms with van der Waals surface area (Å²) < 4.78 is 39.1. The Morgan fingerprint density at radius 3 is 2.50 bits per heavy atom. The summed E-state index contributed by atoms with van der Waals surface area (Å²) >= 11 is 0. The smallest absolute Gasteiger partial charge is 0.404 e. The van der Waals surface area contributed by atoms with Crippen LogP contribution in [0.5, 0.6) is 17.4 Å². The van der Waals surface area contributed by atoms with Gasteiger partial charge in [-0.3, -0.25) is 0 Å². The number of hydrogen-bond acceptors (Lipinski definition) is 8. The van der Waals surface area contributed by atoms with E-state index in [1.54, 1.807) is 24.3 Å². The van der Waals surface area contributed by atoms with E-state index in [-0.39, 0.29) is 29.8 Å². The lowest BCUT2D eigenvalue weighted by Crippen LogP contribution is -2.38. The van der Waals surface area contributed by atoms with Crippen molar-refractivity contribution in [3.63, 3.8) is 0 Å². The predicted octanol–water partition coefficient (Wildman–Crippen LogP) is 2.70. The van der Waals surface area contributed by atoms with Crippen LogP contribution in [-0.4, -0.2) is 50.7 Å². The molecule has 0 bridgehead atoms. The minimum atomic E-state index is -2.93. The Balaban J connectivity index is 1.62. The van der Waals surface area contributed by atoms with E-state index in [1.165, 1.54) is 12.1 Å². The zero-order valence-corrected chi connectivity index (χ0v) is 15.2. The number of carbonyl (C=O) groups is 1. The van der Waals surface area contributed by atoms with Crippen molar-refractivity contribution >= 4 is 6.09 Å². The standard InChI is InChI=1S/C18H16F2N4O6/c19-17(20)29-13-5-6-14(21-8-13)28-12-3-1-10(2-4-12)16-23-15(30-24-16)7-11(9-25)22-18(26)27/h1-6,8,11,17,22,25H,7,9H2,(H,26,27). The van der Waals surface area contributed by atoms with Gasteiger partial charge < -0.3 is 29.5 Å². The molecule has 2 aromatic heterocycles. The molecule has 3 rings (SSSR count). The maximum Gasteiger partial charge on any atom is 0.404 e. The van der Waals surface area contributed by atoms with Crippen LogP contribution in [0.1, 0.15) is 5.89 Å². The highest BCUT2D eigenvalue weighted by Crippen LogP contribution is 2.25. The predicted molar refractivity (Wildman–Crippen MR) is 96.4 cm³/mol. The van der Waals surface area contributed by atoms with E-state index in [9.17, 15) is 18.7 Å². The van der Waals surface area contributed by atoms with E-state index >= 15 is 0 Å². The minimum Gasteiger partial charge on any atom is -0.465 e. The van der Waals surface area contributed by atoms with Gasteiger partial charge in [-0.2, -0.15) is 13.8 Å². The van der Waals surface area contributed by atoms with Gasteiger partial charge in [0.1, 0.15) is 11.5 Å². The van der Waals surface area contributed by atoms with Gasteiger partial charge in [0.25, 0.3) is 0 Å². The van der Waals surface area contributed by atoms with Crippen LogP contribution in [0.3, 0.4) is 0 Å². The van der Waals surface area contributed by atoms with Crippen molar-refractivity contribution < 1.29 is 37.8 Å². The topological polar surface area (TPSA) is 140 Å². The molecule has 158 valence electrons. The molecule has 1 amide bonds. The van der Waals surface area contributed by atoms with Crippen LogP contribution in [0.4, 0.5) is 13.6 Å². The first-order chi connectivity index (χ1) is 14.4. The number of amides is 1. The Bertz CT molecular complexity index is 966. The average molecular weight is 422 g/mol. The van der Waals surface area contributed by atoms with Crippen LogP contribution in [0, 0.1) is 0 Å². The molecule has 3 N–H and O–H groups in total. The van der Waals surface area contributed by atoms with Crippen molar-refractivity contribution in [2.45, 2.75) is 19.1 Å². The van der Waals surface area contributed by atoms with Crippen LogP contribution in [0.15, 0.2) is 47.1 Å². The molecule has 0 fully saturated rings. The average Bonchev–Trinajstić information content (AvgIpc) is 3.17. The summed E-state index contributed by atoms with van der Waals surface area (Å²) in [6.45, 7) is -3.35. The fourth-order valence-electron chi connectivity index (χ4n) is 2.39. The summed E-state index contributed by atoms with van der Waals surface area (Å²) in [5, 5.41) is 23.9. The zero-order chi connectivity index (χ0) is 21.5. The molecule has 0 radical (unpaired) electrons. The Labute approximate surface area is 168 Å². The van der Waals surface area contributed by atoms with Gasteiger partial charge in [0.05, 0.1) is 18.8 Å². The van der Waals surface area contributed by atoms with Crippen molar-refractivity contribution in [1.82, 2.24) is 20.4 Å². The third-order valence-corrected chi connectivity index (χ3v) is 3.71. The summed E-state index contributed by atoms with van der Waals surface area (Å²) in [4.78, 5) is 18.7. The molecule has 0 aliphatic carbocycles. The summed E-state index contributed by atoms with van der Waals surface area (Å²) in [7, 11) is 0. The second-order valence-electron chi connectivity index (χ2n) is 5.88. The number of aliphatic hydroxyl groups excluding tert-OH is 1. The molecule has 0 saturated carbocycles. The number of alkyl halides is 2. The first-order valence-corrected chi connectivity index (χ1v) is 8.55. The molecule has 10 nitrogen and oxygen atoms in total. The molecule has 3 aromatic rings. The van der Waals surface area contributed by atoms with Crippen LogP contribution >= 0.6 is 0 Å². The highest BCUT2D eigenvalue weighted by atomic mass is 19.3. The molecule has 0 spiro atoms. The number of nitrogens with zero attached hydrogens (tertiary/aromatic N) is 3. The third-order valence-electron chi connectivity index (χ3n) is 3.71. The molecule has 1 aromatic carbocycles. The third kappa shape index (κ3) is 5.85. The number of aliphatic hydroxyl groups is 1. The molecule has 30 heavy (non-hydrogen) atoms. The van der Waals surface area contributed by atoms with Gasteiger partial charge in [0, 0.05) is 18.1 Å². The van der Waals surface area contributed by atoms with E-state index < -0.39 is 25.4 Å². The number of ether oxygens (including phenoxy) is 2. The second kappa shape index (κ2) is 9.60. The van der Waals surface area contributed by atoms with Crippen molar-refractivity contribution in [1.29, 1.82) is 0 Å². The summed E-state index contributed by atoms with van der Waals surface area (Å²) in [5.41, 5.74) is 0.609. The van der Waals surface area contributed by atoms with Gasteiger partial charge in [-0.1, -0.05) is 5.16 Å². The minimum absolute atomic E-state index is 0.0356. The molecule has 2 heterocycles. The van der Waals surface area contributed by atoms with Crippen molar-refractivity contribution in [3.05, 3.63) is 48.5 Å². The van der Waals surface area contributed by atoms with Crippen molar-refractivity contribution in [3.8, 4) is 28.8 Å². The SMILES string of the molecule is O=C(O)NC(CO)Cc1nc(-c2ccc(Oc3ccc(OC(F)F)cn3)cc2)no1. The number of carboxylic acid groups (broad SMARTS) is 1. The lowest BCUT2D eigenvalue weighted by atomic mass is 10.2. The van der Waals surface area contributed by atoms with Crippen LogP contribution < -0.4 is 14.8 Å². The van der Waals surface area contributed by atoms with E-state index in [0.717, 1.165) is 6.20 Å². The monoisotopic (exact) mass is 422 g/mol. The Hall–Kier alpha value is -3.80. The van der Waals surface area contributed by atoms with E-state index in [1.807, 2.05) is 0 Å². The van der Waals surface area contributed by atoms with Gasteiger partial charge in [-0.25, -0.2) is 9.78 Å². The van der Waals surface area contributed by atoms with Gasteiger partial charge in [0.15, 0.2) is 0 Å². The largest absolute Gasteiger partial charge is 0.465 e. The van der Waals surface area contributed by atoms with Crippen LogP contribution in [0.25, 0.3) is 11.4 Å². The maximum atomic E-state index is 12.1. The molecule has 1 unspecified atom stereocenters. The lowest BCUT2D eigenvalue weighted by Gasteiger charge is -2.10. The van der Waals surface area contributed by atoms with E-state index in [2.05, 4.69) is 25.2 Å². The first-order valence-electron chi connectivity index (χ1n) is 8.55. The second-order valence-corrected chi connectivity index (χ2v) is 5.88. The molecular weight excluding hydrogens is 406 g/mol. The number of rotatable bonds is 9. The Morgan fingerprint density at radius 2 is 1.90 bits per heavy atom. The van der Waals surface area contributed by atoms with E-state index in [0.29, 0.717) is 11.3 Å². The van der Waals surface area contributed by atoms with Gasteiger partial charge in [-0.05, 0) is 30.3 Å². The highest BCUT2D eigenvalue weighted by molar-refractivity contribution is 5.64. The van der Waals surface area contributed by atoms with Gasteiger partial charge in [-0.15, -0.1) is 0 Å². The Kier molecular flexibility index (Phi) is 6.70. The molecule has 0 aliphatic rings.